The number of thiophene rings is 1. The second-order valence-corrected chi connectivity index (χ2v) is 12.1. The van der Waals surface area contributed by atoms with E-state index in [1.807, 2.05) is 13.8 Å². The number of carbonyl (C=O) groups is 2. The van der Waals surface area contributed by atoms with Gasteiger partial charge in [-0.05, 0) is 74.8 Å². The number of likely N-dealkylation sites (tertiary alicyclic amines) is 1. The van der Waals surface area contributed by atoms with E-state index in [9.17, 15) is 9.59 Å². The van der Waals surface area contributed by atoms with Crippen molar-refractivity contribution in [3.8, 4) is 0 Å². The van der Waals surface area contributed by atoms with Gasteiger partial charge in [0.15, 0.2) is 0 Å². The van der Waals surface area contributed by atoms with E-state index in [2.05, 4.69) is 48.8 Å². The number of piperidine rings is 1. The average molecular weight is 540 g/mol. The number of aromatic nitrogens is 2. The first kappa shape index (κ1) is 28.7. The lowest BCUT2D eigenvalue weighted by Gasteiger charge is -2.41. The molecule has 8 heteroatoms. The third-order valence-corrected chi connectivity index (χ3v) is 9.34. The lowest BCUT2D eigenvalue weighted by atomic mass is 9.86. The highest BCUT2D eigenvalue weighted by Gasteiger charge is 2.30. The molecule has 1 N–H and O–H groups in total. The van der Waals surface area contributed by atoms with Gasteiger partial charge in [0, 0.05) is 44.7 Å². The summed E-state index contributed by atoms with van der Waals surface area (Å²) in [7, 11) is 0. The second-order valence-electron chi connectivity index (χ2n) is 11.3. The van der Waals surface area contributed by atoms with Crippen molar-refractivity contribution in [3.05, 3.63) is 45.7 Å². The van der Waals surface area contributed by atoms with Crippen LogP contribution in [0.3, 0.4) is 0 Å². The maximum Gasteiger partial charge on any atom is 0.254 e. The summed E-state index contributed by atoms with van der Waals surface area (Å²) in [5.74, 6) is 0.981. The molecule has 2 aliphatic rings. The number of nitrogens with one attached hydrogen (secondary N) is 1. The largest absolute Gasteiger partial charge is 0.352 e. The maximum atomic E-state index is 13.5. The molecule has 0 radical (unpaired) electrons. The average Bonchev–Trinajstić information content (AvgIpc) is 3.44. The molecule has 1 saturated heterocycles. The van der Waals surface area contributed by atoms with Crippen LogP contribution in [-0.2, 0) is 11.3 Å². The molecule has 0 aromatic carbocycles. The fourth-order valence-electron chi connectivity index (χ4n) is 6.17. The number of nitrogens with zero attached hydrogens (tertiary/aromatic N) is 4. The molecular weight excluding hydrogens is 494 g/mol. The van der Waals surface area contributed by atoms with Gasteiger partial charge in [-0.2, -0.15) is 11.3 Å². The molecule has 2 aromatic rings. The molecule has 1 unspecified atom stereocenters. The Kier molecular flexibility index (Phi) is 10.7. The quantitative estimate of drug-likeness (QED) is 0.407. The Bertz CT molecular complexity index is 1010. The molecule has 2 aromatic heterocycles. The van der Waals surface area contributed by atoms with Crippen molar-refractivity contribution in [2.24, 2.45) is 5.92 Å². The van der Waals surface area contributed by atoms with Crippen molar-refractivity contribution >= 4 is 23.2 Å². The Morgan fingerprint density at radius 3 is 2.47 bits per heavy atom. The highest BCUT2D eigenvalue weighted by molar-refractivity contribution is 7.07. The van der Waals surface area contributed by atoms with Crippen LogP contribution in [0.5, 0.6) is 0 Å². The van der Waals surface area contributed by atoms with Crippen LogP contribution >= 0.6 is 11.3 Å². The Balaban J connectivity index is 1.25. The fourth-order valence-corrected chi connectivity index (χ4v) is 6.83. The normalized spacial score (nSPS) is 18.3. The zero-order valence-electron chi connectivity index (χ0n) is 23.5. The van der Waals surface area contributed by atoms with E-state index in [1.54, 1.807) is 11.3 Å². The number of amides is 2. The summed E-state index contributed by atoms with van der Waals surface area (Å²) in [4.78, 5) is 39.2. The van der Waals surface area contributed by atoms with Crippen LogP contribution in [0.25, 0.3) is 0 Å². The van der Waals surface area contributed by atoms with Gasteiger partial charge in [0.2, 0.25) is 5.91 Å². The third-order valence-electron chi connectivity index (χ3n) is 8.61. The van der Waals surface area contributed by atoms with E-state index >= 15 is 0 Å². The van der Waals surface area contributed by atoms with E-state index in [4.69, 9.17) is 0 Å². The minimum atomic E-state index is -0.0951. The molecular formula is C30H45N5O2S. The van der Waals surface area contributed by atoms with Crippen LogP contribution in [0.15, 0.2) is 23.2 Å². The number of rotatable bonds is 11. The van der Waals surface area contributed by atoms with Crippen molar-refractivity contribution in [1.29, 1.82) is 0 Å². The van der Waals surface area contributed by atoms with Gasteiger partial charge in [0.05, 0.1) is 17.0 Å². The number of carbonyl (C=O) groups excluding carboxylic acids is 2. The molecule has 2 amide bonds. The molecule has 208 valence electrons. The van der Waals surface area contributed by atoms with Gasteiger partial charge in [-0.25, -0.2) is 9.97 Å². The van der Waals surface area contributed by atoms with Gasteiger partial charge in [-0.1, -0.05) is 32.1 Å². The summed E-state index contributed by atoms with van der Waals surface area (Å²) in [6, 6.07) is 2.83. The van der Waals surface area contributed by atoms with Crippen molar-refractivity contribution in [1.82, 2.24) is 25.1 Å². The summed E-state index contributed by atoms with van der Waals surface area (Å²) >= 11 is 1.71. The Morgan fingerprint density at radius 2 is 1.82 bits per heavy atom. The van der Waals surface area contributed by atoms with Crippen LogP contribution in [0.1, 0.15) is 98.4 Å². The topological polar surface area (TPSA) is 78.4 Å². The van der Waals surface area contributed by atoms with Crippen molar-refractivity contribution in [2.45, 2.75) is 104 Å². The maximum absolute atomic E-state index is 13.5. The lowest BCUT2D eigenvalue weighted by molar-refractivity contribution is -0.135. The predicted molar refractivity (Wildman–Crippen MR) is 153 cm³/mol. The minimum absolute atomic E-state index is 0.0951. The van der Waals surface area contributed by atoms with Crippen LogP contribution in [0.4, 0.5) is 0 Å². The molecule has 7 nitrogen and oxygen atoms in total. The van der Waals surface area contributed by atoms with Gasteiger partial charge >= 0.3 is 0 Å². The predicted octanol–water partition coefficient (Wildman–Crippen LogP) is 5.52. The molecule has 1 atom stereocenters. The summed E-state index contributed by atoms with van der Waals surface area (Å²) in [6.07, 6.45) is 12.8. The zero-order chi connectivity index (χ0) is 26.9. The van der Waals surface area contributed by atoms with Gasteiger partial charge in [0.25, 0.3) is 5.91 Å². The summed E-state index contributed by atoms with van der Waals surface area (Å²) in [5.41, 5.74) is 3.26. The smallest absolute Gasteiger partial charge is 0.254 e. The molecule has 4 rings (SSSR count). The molecule has 0 bridgehead atoms. The number of hydrogen-bond donors (Lipinski definition) is 1. The zero-order valence-corrected chi connectivity index (χ0v) is 24.3. The first-order chi connectivity index (χ1) is 18.4. The van der Waals surface area contributed by atoms with Gasteiger partial charge in [0.1, 0.15) is 6.33 Å². The van der Waals surface area contributed by atoms with Crippen molar-refractivity contribution < 1.29 is 9.59 Å². The highest BCUT2D eigenvalue weighted by Crippen LogP contribution is 2.29. The van der Waals surface area contributed by atoms with Crippen molar-refractivity contribution in [2.75, 3.05) is 19.6 Å². The van der Waals surface area contributed by atoms with Crippen molar-refractivity contribution in [3.63, 3.8) is 0 Å². The van der Waals surface area contributed by atoms with E-state index in [1.165, 1.54) is 44.0 Å². The van der Waals surface area contributed by atoms with Crippen LogP contribution in [0, 0.1) is 19.8 Å². The van der Waals surface area contributed by atoms with Gasteiger partial charge in [-0.3, -0.25) is 9.59 Å². The van der Waals surface area contributed by atoms with Crippen LogP contribution in [0.2, 0.25) is 0 Å². The monoisotopic (exact) mass is 539 g/mol. The SMILES string of the molecule is Cc1ncnc(C)c1C(=O)NCCC(C)N1CCC(N(Cc2ccsc2)C(=O)CCC2CCCCC2)CC1. The minimum Gasteiger partial charge on any atom is -0.352 e. The lowest BCUT2D eigenvalue weighted by Crippen LogP contribution is -2.49. The van der Waals surface area contributed by atoms with E-state index in [0.717, 1.165) is 51.2 Å². The Morgan fingerprint density at radius 1 is 1.11 bits per heavy atom. The molecule has 3 heterocycles. The third kappa shape index (κ3) is 7.85. The standard InChI is InChI=1S/C30H45N5O2S/c1-22(11-15-31-30(37)29-23(2)32-21-33-24(29)3)34-16-12-27(13-17-34)35(19-26-14-18-38-20-26)28(36)10-9-25-7-5-4-6-8-25/h14,18,20-22,25,27H,4-13,15-17,19H2,1-3H3,(H,31,37). The fraction of sp³-hybridized carbons (Fsp3) is 0.667. The second kappa shape index (κ2) is 14.2. The van der Waals surface area contributed by atoms with Crippen LogP contribution < -0.4 is 5.32 Å². The number of aryl methyl sites for hydroxylation is 2. The highest BCUT2D eigenvalue weighted by atomic mass is 32.1. The van der Waals surface area contributed by atoms with Gasteiger partial charge in [-0.15, -0.1) is 0 Å². The Labute approximate surface area is 232 Å². The molecule has 1 aliphatic carbocycles. The molecule has 38 heavy (non-hydrogen) atoms. The first-order valence-electron chi connectivity index (χ1n) is 14.5. The van der Waals surface area contributed by atoms with E-state index in [0.29, 0.717) is 47.9 Å². The molecule has 1 aliphatic heterocycles. The molecule has 2 fully saturated rings. The summed E-state index contributed by atoms with van der Waals surface area (Å²) in [6.45, 7) is 9.27. The summed E-state index contributed by atoms with van der Waals surface area (Å²) in [5, 5.41) is 7.35. The van der Waals surface area contributed by atoms with Crippen LogP contribution in [-0.4, -0.2) is 63.3 Å². The van der Waals surface area contributed by atoms with E-state index < -0.39 is 0 Å². The Hall–Kier alpha value is -2.32. The summed E-state index contributed by atoms with van der Waals surface area (Å²) < 4.78 is 0. The van der Waals surface area contributed by atoms with Gasteiger partial charge < -0.3 is 15.1 Å². The molecule has 0 spiro atoms. The first-order valence-corrected chi connectivity index (χ1v) is 15.5. The van der Waals surface area contributed by atoms with E-state index in [-0.39, 0.29) is 5.91 Å². The molecule has 1 saturated carbocycles. The number of hydrogen-bond acceptors (Lipinski definition) is 6.